The molecule has 0 fully saturated rings. The molecule has 0 spiro atoms. The Morgan fingerprint density at radius 3 is 2.56 bits per heavy atom. The quantitative estimate of drug-likeness (QED) is 0.830. The third kappa shape index (κ3) is 2.37. The van der Waals surface area contributed by atoms with Crippen LogP contribution in [-0.2, 0) is 0 Å². The van der Waals surface area contributed by atoms with Crippen molar-refractivity contribution in [2.45, 2.75) is 0 Å². The fourth-order valence-electron chi connectivity index (χ4n) is 1.45. The average Bonchev–Trinajstić information content (AvgIpc) is 2.41. The van der Waals surface area contributed by atoms with Gasteiger partial charge in [-0.15, -0.1) is 0 Å². The number of rotatable bonds is 2. The SMILES string of the molecule is N#Cc1cccc(Nc2ncc(C#N)cc2N)c1. The van der Waals surface area contributed by atoms with E-state index in [0.29, 0.717) is 22.6 Å². The zero-order valence-electron chi connectivity index (χ0n) is 9.38. The molecule has 1 heterocycles. The summed E-state index contributed by atoms with van der Waals surface area (Å²) < 4.78 is 0. The van der Waals surface area contributed by atoms with Crippen LogP contribution >= 0.6 is 0 Å². The van der Waals surface area contributed by atoms with Crippen LogP contribution in [0.25, 0.3) is 0 Å². The van der Waals surface area contributed by atoms with Gasteiger partial charge in [0.1, 0.15) is 6.07 Å². The topological polar surface area (TPSA) is 98.5 Å². The van der Waals surface area contributed by atoms with Gasteiger partial charge in [-0.1, -0.05) is 6.07 Å². The molecule has 0 aliphatic carbocycles. The van der Waals surface area contributed by atoms with Crippen LogP contribution in [0, 0.1) is 22.7 Å². The molecule has 0 aliphatic rings. The van der Waals surface area contributed by atoms with E-state index < -0.39 is 0 Å². The first-order valence-corrected chi connectivity index (χ1v) is 5.16. The molecule has 0 bridgehead atoms. The van der Waals surface area contributed by atoms with Gasteiger partial charge in [-0.2, -0.15) is 10.5 Å². The molecule has 86 valence electrons. The monoisotopic (exact) mass is 235 g/mol. The first-order chi connectivity index (χ1) is 8.72. The number of nitrogens with one attached hydrogen (secondary N) is 1. The summed E-state index contributed by atoms with van der Waals surface area (Å²) in [4.78, 5) is 4.06. The molecule has 5 nitrogen and oxygen atoms in total. The van der Waals surface area contributed by atoms with Crippen molar-refractivity contribution in [3.8, 4) is 12.1 Å². The van der Waals surface area contributed by atoms with Gasteiger partial charge in [0.15, 0.2) is 5.82 Å². The van der Waals surface area contributed by atoms with Crippen LogP contribution in [0.15, 0.2) is 36.5 Å². The summed E-state index contributed by atoms with van der Waals surface area (Å²) in [6.07, 6.45) is 1.44. The number of nitrogens with two attached hydrogens (primary N) is 1. The first-order valence-electron chi connectivity index (χ1n) is 5.16. The van der Waals surface area contributed by atoms with E-state index in [9.17, 15) is 0 Å². The highest BCUT2D eigenvalue weighted by Gasteiger charge is 2.03. The number of hydrogen-bond donors (Lipinski definition) is 2. The molecule has 0 radical (unpaired) electrons. The molecule has 0 saturated carbocycles. The van der Waals surface area contributed by atoms with Crippen molar-refractivity contribution in [1.82, 2.24) is 4.98 Å². The number of anilines is 3. The molecular formula is C13H9N5. The predicted octanol–water partition coefficient (Wildman–Crippen LogP) is 2.15. The minimum Gasteiger partial charge on any atom is -0.396 e. The van der Waals surface area contributed by atoms with Gasteiger partial charge in [-0.25, -0.2) is 4.98 Å². The summed E-state index contributed by atoms with van der Waals surface area (Å²) in [5.41, 5.74) is 7.83. The molecule has 2 rings (SSSR count). The molecule has 2 aromatic rings. The van der Waals surface area contributed by atoms with E-state index in [1.54, 1.807) is 30.3 Å². The summed E-state index contributed by atoms with van der Waals surface area (Å²) in [5.74, 6) is 0.462. The smallest absolute Gasteiger partial charge is 0.153 e. The van der Waals surface area contributed by atoms with Crippen LogP contribution < -0.4 is 11.1 Å². The normalized spacial score (nSPS) is 9.22. The molecule has 0 aliphatic heterocycles. The van der Waals surface area contributed by atoms with E-state index >= 15 is 0 Å². The second-order valence-corrected chi connectivity index (χ2v) is 3.59. The Hall–Kier alpha value is -3.05. The van der Waals surface area contributed by atoms with Gasteiger partial charge in [0.25, 0.3) is 0 Å². The zero-order valence-corrected chi connectivity index (χ0v) is 9.38. The third-order valence-corrected chi connectivity index (χ3v) is 2.30. The minimum absolute atomic E-state index is 0.386. The van der Waals surface area contributed by atoms with Crippen LogP contribution in [0.5, 0.6) is 0 Å². The lowest BCUT2D eigenvalue weighted by molar-refractivity contribution is 1.29. The van der Waals surface area contributed by atoms with E-state index in [1.165, 1.54) is 6.20 Å². The van der Waals surface area contributed by atoms with Crippen LogP contribution in [0.1, 0.15) is 11.1 Å². The molecular weight excluding hydrogens is 226 g/mol. The average molecular weight is 235 g/mol. The lowest BCUT2D eigenvalue weighted by Gasteiger charge is -2.08. The molecule has 1 aromatic carbocycles. The number of benzene rings is 1. The Bertz CT molecular complexity index is 664. The summed E-state index contributed by atoms with van der Waals surface area (Å²) in [6, 6.07) is 12.5. The van der Waals surface area contributed by atoms with Gasteiger partial charge >= 0.3 is 0 Å². The highest BCUT2D eigenvalue weighted by molar-refractivity contribution is 5.70. The zero-order chi connectivity index (χ0) is 13.0. The number of nitrogens with zero attached hydrogens (tertiary/aromatic N) is 3. The van der Waals surface area contributed by atoms with E-state index in [4.69, 9.17) is 16.3 Å². The van der Waals surface area contributed by atoms with Crippen LogP contribution in [0.2, 0.25) is 0 Å². The fraction of sp³-hybridized carbons (Fsp3) is 0. The lowest BCUT2D eigenvalue weighted by Crippen LogP contribution is -1.99. The molecule has 5 heteroatoms. The number of aromatic nitrogens is 1. The van der Waals surface area contributed by atoms with Crippen molar-refractivity contribution in [2.24, 2.45) is 0 Å². The first kappa shape index (κ1) is 11.4. The Morgan fingerprint density at radius 1 is 1.11 bits per heavy atom. The van der Waals surface area contributed by atoms with Crippen molar-refractivity contribution >= 4 is 17.2 Å². The fourth-order valence-corrected chi connectivity index (χ4v) is 1.45. The van der Waals surface area contributed by atoms with Gasteiger partial charge < -0.3 is 11.1 Å². The Balaban J connectivity index is 2.29. The van der Waals surface area contributed by atoms with Gasteiger partial charge in [0, 0.05) is 11.9 Å². The maximum Gasteiger partial charge on any atom is 0.153 e. The summed E-state index contributed by atoms with van der Waals surface area (Å²) in [6.45, 7) is 0. The van der Waals surface area contributed by atoms with Crippen molar-refractivity contribution < 1.29 is 0 Å². The Labute approximate surface area is 104 Å². The minimum atomic E-state index is 0.386. The Morgan fingerprint density at radius 2 is 1.89 bits per heavy atom. The van der Waals surface area contributed by atoms with Gasteiger partial charge in [0.05, 0.1) is 22.9 Å². The Kier molecular flexibility index (Phi) is 3.08. The van der Waals surface area contributed by atoms with Crippen molar-refractivity contribution in [3.05, 3.63) is 47.7 Å². The largest absolute Gasteiger partial charge is 0.396 e. The summed E-state index contributed by atoms with van der Waals surface area (Å²) >= 11 is 0. The highest BCUT2D eigenvalue weighted by atomic mass is 15.0. The number of nitriles is 2. The van der Waals surface area contributed by atoms with Gasteiger partial charge in [-0.3, -0.25) is 0 Å². The molecule has 0 amide bonds. The molecule has 0 saturated heterocycles. The van der Waals surface area contributed by atoms with Crippen molar-refractivity contribution in [2.75, 3.05) is 11.1 Å². The molecule has 1 aromatic heterocycles. The third-order valence-electron chi connectivity index (χ3n) is 2.30. The lowest BCUT2D eigenvalue weighted by atomic mass is 10.2. The van der Waals surface area contributed by atoms with Gasteiger partial charge in [0.2, 0.25) is 0 Å². The molecule has 0 unspecified atom stereocenters. The van der Waals surface area contributed by atoms with Crippen molar-refractivity contribution in [1.29, 1.82) is 10.5 Å². The van der Waals surface area contributed by atoms with E-state index in [-0.39, 0.29) is 0 Å². The van der Waals surface area contributed by atoms with Gasteiger partial charge in [-0.05, 0) is 24.3 Å². The maximum atomic E-state index is 8.80. The predicted molar refractivity (Wildman–Crippen MR) is 67.8 cm³/mol. The molecule has 0 atom stereocenters. The highest BCUT2D eigenvalue weighted by Crippen LogP contribution is 2.21. The van der Waals surface area contributed by atoms with E-state index in [0.717, 1.165) is 5.69 Å². The second kappa shape index (κ2) is 4.86. The summed E-state index contributed by atoms with van der Waals surface area (Å²) in [5, 5.41) is 20.5. The number of hydrogen-bond acceptors (Lipinski definition) is 5. The van der Waals surface area contributed by atoms with Crippen LogP contribution in [-0.4, -0.2) is 4.98 Å². The number of nitrogen functional groups attached to an aromatic ring is 1. The van der Waals surface area contributed by atoms with E-state index in [2.05, 4.69) is 16.4 Å². The number of pyridine rings is 1. The van der Waals surface area contributed by atoms with Crippen LogP contribution in [0.3, 0.4) is 0 Å². The second-order valence-electron chi connectivity index (χ2n) is 3.59. The molecule has 18 heavy (non-hydrogen) atoms. The standard InChI is InChI=1S/C13H9N5/c14-6-9-2-1-3-11(4-9)18-13-12(16)5-10(7-15)8-17-13/h1-5,8H,16H2,(H,17,18). The van der Waals surface area contributed by atoms with Crippen molar-refractivity contribution in [3.63, 3.8) is 0 Å². The van der Waals surface area contributed by atoms with Crippen LogP contribution in [0.4, 0.5) is 17.2 Å². The molecule has 3 N–H and O–H groups in total. The summed E-state index contributed by atoms with van der Waals surface area (Å²) in [7, 11) is 0. The van der Waals surface area contributed by atoms with E-state index in [1.807, 2.05) is 6.07 Å². The maximum absolute atomic E-state index is 8.80.